The van der Waals surface area contributed by atoms with Gasteiger partial charge in [-0.25, -0.2) is 9.69 Å². The van der Waals surface area contributed by atoms with E-state index in [0.29, 0.717) is 18.1 Å². The van der Waals surface area contributed by atoms with Gasteiger partial charge >= 0.3 is 6.09 Å². The third-order valence-corrected chi connectivity index (χ3v) is 10.9. The zero-order chi connectivity index (χ0) is 37.0. The molecule has 8 rings (SSSR count). The highest BCUT2D eigenvalue weighted by atomic mass is 35.5. The van der Waals surface area contributed by atoms with Crippen molar-refractivity contribution in [3.05, 3.63) is 124 Å². The number of carbonyl (C=O) groups is 3. The summed E-state index contributed by atoms with van der Waals surface area (Å²) in [7, 11) is 1.43. The fourth-order valence-corrected chi connectivity index (χ4v) is 8.21. The van der Waals surface area contributed by atoms with Gasteiger partial charge in [-0.05, 0) is 45.7 Å². The Bertz CT molecular complexity index is 2300. The van der Waals surface area contributed by atoms with Gasteiger partial charge in [0.25, 0.3) is 5.91 Å². The van der Waals surface area contributed by atoms with Gasteiger partial charge in [0.2, 0.25) is 5.91 Å². The minimum Gasteiger partial charge on any atom is -0.507 e. The predicted octanol–water partition coefficient (Wildman–Crippen LogP) is 6.43. The van der Waals surface area contributed by atoms with Crippen LogP contribution in [0.3, 0.4) is 0 Å². The van der Waals surface area contributed by atoms with Crippen molar-refractivity contribution in [1.82, 2.24) is 4.90 Å². The van der Waals surface area contributed by atoms with Gasteiger partial charge in [-0.15, -0.1) is 11.6 Å². The van der Waals surface area contributed by atoms with Crippen LogP contribution in [0.4, 0.5) is 16.2 Å². The molecule has 3 amide bonds. The second kappa shape index (κ2) is 13.6. The van der Waals surface area contributed by atoms with E-state index in [1.54, 1.807) is 11.0 Å². The molecule has 0 radical (unpaired) electrons. The van der Waals surface area contributed by atoms with Gasteiger partial charge in [-0.2, -0.15) is 0 Å². The molecule has 3 atom stereocenters. The number of aliphatic hydroxyl groups is 1. The minimum absolute atomic E-state index is 0.0106. The number of aliphatic hydroxyl groups excluding tert-OH is 1. The SMILES string of the molecule is COc1cc2c(cc1OCc1cccc(CC(=O)N3C[C@@H](CCl)c4c3cc(O)c3ccccc43)c1)N(C(=O)O)C(O)[C@@H]1Cc3ccccc3CN1C2=O. The summed E-state index contributed by atoms with van der Waals surface area (Å²) >= 11 is 6.38. The van der Waals surface area contributed by atoms with Gasteiger partial charge in [0, 0.05) is 42.4 Å². The quantitative estimate of drug-likeness (QED) is 0.163. The molecule has 0 saturated carbocycles. The molecular formula is C41H36ClN3O8. The van der Waals surface area contributed by atoms with Crippen LogP contribution in [0, 0.1) is 0 Å². The highest BCUT2D eigenvalue weighted by Gasteiger charge is 2.45. The lowest BCUT2D eigenvalue weighted by Gasteiger charge is -2.39. The number of aromatic hydroxyl groups is 1. The van der Waals surface area contributed by atoms with Crippen LogP contribution >= 0.6 is 11.6 Å². The molecule has 12 heteroatoms. The van der Waals surface area contributed by atoms with E-state index in [9.17, 15) is 29.7 Å². The summed E-state index contributed by atoms with van der Waals surface area (Å²) in [5.41, 5.74) is 5.03. The number of carboxylic acid groups (broad SMARTS) is 1. The standard InChI is InChI=1S/C41H36ClN3O8/c1-52-35-16-30-31(45(41(50)51)40(49)33-15-25-9-2-3-10-26(25)20-44(33)39(30)48)18-36(35)53-22-24-8-6-7-23(13-24)14-37(47)43-21-27(19-42)38-29-12-5-4-11-28(29)34(46)17-32(38)43/h2-13,16-18,27,33,40,46,49H,14-15,19-22H2,1H3,(H,50,51)/t27-,33+,40?/m1/s1. The molecule has 5 aromatic carbocycles. The van der Waals surface area contributed by atoms with Gasteiger partial charge in [0.1, 0.15) is 12.4 Å². The van der Waals surface area contributed by atoms with Crippen molar-refractivity contribution in [3.63, 3.8) is 0 Å². The molecule has 11 nitrogen and oxygen atoms in total. The lowest BCUT2D eigenvalue weighted by Crippen LogP contribution is -2.55. The second-order valence-corrected chi connectivity index (χ2v) is 13.9. The van der Waals surface area contributed by atoms with E-state index in [-0.39, 0.29) is 66.3 Å². The average Bonchev–Trinajstić information content (AvgIpc) is 3.51. The number of phenols is 1. The molecular weight excluding hydrogens is 698 g/mol. The van der Waals surface area contributed by atoms with Crippen molar-refractivity contribution in [2.24, 2.45) is 0 Å². The van der Waals surface area contributed by atoms with Crippen LogP contribution in [-0.4, -0.2) is 69.9 Å². The van der Waals surface area contributed by atoms with E-state index in [1.165, 1.54) is 24.1 Å². The molecule has 1 unspecified atom stereocenters. The third kappa shape index (κ3) is 5.95. The third-order valence-electron chi connectivity index (χ3n) is 10.5. The number of fused-ring (bicyclic) bond motifs is 6. The van der Waals surface area contributed by atoms with Crippen molar-refractivity contribution in [2.45, 2.75) is 44.2 Å². The molecule has 270 valence electrons. The number of nitrogens with zero attached hydrogens (tertiary/aromatic N) is 3. The van der Waals surface area contributed by atoms with Crippen molar-refractivity contribution in [1.29, 1.82) is 0 Å². The summed E-state index contributed by atoms with van der Waals surface area (Å²) in [4.78, 5) is 44.5. The monoisotopic (exact) mass is 733 g/mol. The number of hydrogen-bond donors (Lipinski definition) is 3. The van der Waals surface area contributed by atoms with E-state index >= 15 is 0 Å². The molecule has 3 aliphatic heterocycles. The Morgan fingerprint density at radius 1 is 0.887 bits per heavy atom. The Balaban J connectivity index is 1.04. The first-order valence-corrected chi connectivity index (χ1v) is 17.8. The van der Waals surface area contributed by atoms with E-state index in [0.717, 1.165) is 43.5 Å². The number of rotatable bonds is 7. The van der Waals surface area contributed by atoms with E-state index in [2.05, 4.69) is 0 Å². The lowest BCUT2D eigenvalue weighted by atomic mass is 9.93. The van der Waals surface area contributed by atoms with Gasteiger partial charge in [-0.1, -0.05) is 72.8 Å². The summed E-state index contributed by atoms with van der Waals surface area (Å²) in [5.74, 6) is 0.177. The average molecular weight is 734 g/mol. The fourth-order valence-electron chi connectivity index (χ4n) is 7.96. The van der Waals surface area contributed by atoms with Crippen LogP contribution in [-0.2, 0) is 30.8 Å². The molecule has 0 spiro atoms. The molecule has 0 bridgehead atoms. The predicted molar refractivity (Wildman–Crippen MR) is 199 cm³/mol. The summed E-state index contributed by atoms with van der Waals surface area (Å²) in [5, 5.41) is 34.2. The molecule has 3 heterocycles. The van der Waals surface area contributed by atoms with Crippen molar-refractivity contribution in [3.8, 4) is 17.2 Å². The van der Waals surface area contributed by atoms with Crippen LogP contribution in [0.1, 0.15) is 44.1 Å². The Labute approximate surface area is 310 Å². The van der Waals surface area contributed by atoms with Crippen molar-refractivity contribution in [2.75, 3.05) is 29.3 Å². The van der Waals surface area contributed by atoms with E-state index in [4.69, 9.17) is 21.1 Å². The topological polar surface area (TPSA) is 140 Å². The maximum Gasteiger partial charge on any atom is 0.414 e. The van der Waals surface area contributed by atoms with E-state index < -0.39 is 24.3 Å². The fraction of sp³-hybridized carbons (Fsp3) is 0.244. The van der Waals surface area contributed by atoms with Gasteiger partial charge in [0.15, 0.2) is 17.7 Å². The zero-order valence-corrected chi connectivity index (χ0v) is 29.5. The first kappa shape index (κ1) is 34.3. The first-order chi connectivity index (χ1) is 25.7. The van der Waals surface area contributed by atoms with Crippen molar-refractivity contribution < 1.29 is 39.2 Å². The number of halogens is 1. The van der Waals surface area contributed by atoms with Crippen molar-refractivity contribution >= 4 is 51.7 Å². The Morgan fingerprint density at radius 3 is 2.38 bits per heavy atom. The summed E-state index contributed by atoms with van der Waals surface area (Å²) in [6.07, 6.45) is -2.57. The second-order valence-electron chi connectivity index (χ2n) is 13.6. The molecule has 0 aliphatic carbocycles. The molecule has 3 aliphatic rings. The number of carbonyl (C=O) groups excluding carboxylic acids is 2. The summed E-state index contributed by atoms with van der Waals surface area (Å²) in [6.45, 7) is 0.660. The molecule has 0 saturated heterocycles. The highest BCUT2D eigenvalue weighted by molar-refractivity contribution is 6.19. The number of amides is 3. The number of methoxy groups -OCH3 is 1. The maximum atomic E-state index is 14.0. The van der Waals surface area contributed by atoms with Crippen LogP contribution in [0.5, 0.6) is 17.2 Å². The minimum atomic E-state index is -1.54. The zero-order valence-electron chi connectivity index (χ0n) is 28.7. The highest BCUT2D eigenvalue weighted by Crippen LogP contribution is 2.46. The molecule has 3 N–H and O–H groups in total. The Kier molecular flexibility index (Phi) is 8.84. The Morgan fingerprint density at radius 2 is 1.62 bits per heavy atom. The summed E-state index contributed by atoms with van der Waals surface area (Å²) < 4.78 is 11.8. The van der Waals surface area contributed by atoms with E-state index in [1.807, 2.05) is 72.8 Å². The van der Waals surface area contributed by atoms with Crippen LogP contribution in [0.15, 0.2) is 91.0 Å². The number of phenolic OH excluding ortho intramolecular Hbond substituents is 1. The number of anilines is 2. The number of alkyl halides is 1. The first-order valence-electron chi connectivity index (χ1n) is 17.3. The Hall–Kier alpha value is -5.78. The van der Waals surface area contributed by atoms with Crippen LogP contribution in [0.25, 0.3) is 10.8 Å². The molecule has 0 aromatic heterocycles. The number of hydrogen-bond acceptors (Lipinski definition) is 7. The largest absolute Gasteiger partial charge is 0.507 e. The maximum absolute atomic E-state index is 14.0. The molecule has 5 aromatic rings. The van der Waals surface area contributed by atoms with Crippen LogP contribution in [0.2, 0.25) is 0 Å². The smallest absolute Gasteiger partial charge is 0.414 e. The van der Waals surface area contributed by atoms with Gasteiger partial charge in [-0.3, -0.25) is 9.59 Å². The van der Waals surface area contributed by atoms with Crippen LogP contribution < -0.4 is 19.3 Å². The van der Waals surface area contributed by atoms with Gasteiger partial charge in [0.05, 0.1) is 36.5 Å². The molecule has 0 fully saturated rings. The number of benzene rings is 5. The van der Waals surface area contributed by atoms with Gasteiger partial charge < -0.3 is 34.6 Å². The number of ether oxygens (including phenoxy) is 2. The normalized spacial score (nSPS) is 18.9. The lowest BCUT2D eigenvalue weighted by molar-refractivity contribution is -0.117. The summed E-state index contributed by atoms with van der Waals surface area (Å²) in [6, 6.07) is 26.2. The molecule has 53 heavy (non-hydrogen) atoms.